The summed E-state index contributed by atoms with van der Waals surface area (Å²) in [5.41, 5.74) is 6.33. The fourth-order valence-corrected chi connectivity index (χ4v) is 7.52. The van der Waals surface area contributed by atoms with Crippen LogP contribution in [-0.4, -0.2) is 36.4 Å². The number of fused-ring (bicyclic) bond motifs is 1. The number of carbonyl (C=O) groups excluding carboxylic acids is 2. The van der Waals surface area contributed by atoms with E-state index in [9.17, 15) is 14.7 Å². The summed E-state index contributed by atoms with van der Waals surface area (Å²) in [6.45, 7) is 6.18. The molecular formula is C37H31N5O4S2. The minimum Gasteiger partial charge on any atom is -0.505 e. The van der Waals surface area contributed by atoms with Crippen LogP contribution in [0.4, 0.5) is 5.13 Å². The third-order valence-electron chi connectivity index (χ3n) is 8.28. The van der Waals surface area contributed by atoms with E-state index in [1.54, 1.807) is 24.3 Å². The van der Waals surface area contributed by atoms with Crippen molar-refractivity contribution < 1.29 is 19.4 Å². The van der Waals surface area contributed by atoms with Gasteiger partial charge in [0.25, 0.3) is 5.78 Å². The number of hydrogen-bond donors (Lipinski definition) is 1. The normalized spacial score (nSPS) is 15.8. The summed E-state index contributed by atoms with van der Waals surface area (Å²) in [6.07, 6.45) is 1.85. The van der Waals surface area contributed by atoms with E-state index in [0.29, 0.717) is 39.4 Å². The number of ether oxygens (including phenoxy) is 1. The first-order chi connectivity index (χ1) is 23.3. The lowest BCUT2D eigenvalue weighted by atomic mass is 9.96. The molecule has 48 heavy (non-hydrogen) atoms. The van der Waals surface area contributed by atoms with Crippen LogP contribution in [-0.2, 0) is 21.9 Å². The second-order valence-corrected chi connectivity index (χ2v) is 13.7. The molecule has 4 heterocycles. The van der Waals surface area contributed by atoms with Gasteiger partial charge in [-0.3, -0.25) is 14.5 Å². The molecular weight excluding hydrogens is 643 g/mol. The third-order valence-corrected chi connectivity index (χ3v) is 10.4. The molecule has 1 aliphatic rings. The first-order valence-electron chi connectivity index (χ1n) is 15.3. The first kappa shape index (κ1) is 31.3. The molecule has 1 saturated heterocycles. The summed E-state index contributed by atoms with van der Waals surface area (Å²) in [6, 6.07) is 28.1. The van der Waals surface area contributed by atoms with Crippen molar-refractivity contribution in [3.63, 3.8) is 0 Å². The number of rotatable bonds is 9. The van der Waals surface area contributed by atoms with E-state index >= 15 is 0 Å². The highest BCUT2D eigenvalue weighted by Crippen LogP contribution is 2.44. The number of nitrogens with zero attached hydrogens (tertiary/aromatic N) is 5. The van der Waals surface area contributed by atoms with Gasteiger partial charge in [-0.15, -0.1) is 10.2 Å². The van der Waals surface area contributed by atoms with Gasteiger partial charge in [-0.2, -0.15) is 0 Å². The fraction of sp³-hybridized carbons (Fsp3) is 0.162. The maximum Gasteiger partial charge on any atom is 0.301 e. The minimum absolute atomic E-state index is 0.0637. The number of aliphatic hydroxyl groups is 1. The maximum atomic E-state index is 13.8. The lowest BCUT2D eigenvalue weighted by Crippen LogP contribution is -2.29. The SMILES string of the molecule is Cc1ccc(CSc2nnc(N3C(=O)C(=O)C(=C(O)c4nc5c(C)cccn5c4C)C3c3ccc(OCc4ccccc4)cc3)s2)cc1. The maximum absolute atomic E-state index is 13.8. The highest BCUT2D eigenvalue weighted by molar-refractivity contribution is 8.00. The van der Waals surface area contributed by atoms with Crippen molar-refractivity contribution in [3.05, 3.63) is 142 Å². The van der Waals surface area contributed by atoms with E-state index in [1.807, 2.05) is 73.8 Å². The molecule has 1 unspecified atom stereocenters. The summed E-state index contributed by atoms with van der Waals surface area (Å²) in [5.74, 6) is -0.663. The van der Waals surface area contributed by atoms with Gasteiger partial charge in [0.2, 0.25) is 5.13 Å². The van der Waals surface area contributed by atoms with Crippen LogP contribution in [0.15, 0.2) is 107 Å². The Morgan fingerprint density at radius 2 is 1.65 bits per heavy atom. The Morgan fingerprint density at radius 1 is 0.896 bits per heavy atom. The monoisotopic (exact) mass is 673 g/mol. The second kappa shape index (κ2) is 13.1. The van der Waals surface area contributed by atoms with Crippen LogP contribution in [0.3, 0.4) is 0 Å². The average Bonchev–Trinajstić information content (AvgIpc) is 3.79. The Labute approximate surface area is 285 Å². The molecule has 0 bridgehead atoms. The van der Waals surface area contributed by atoms with Gasteiger partial charge in [0.15, 0.2) is 10.1 Å². The molecule has 7 rings (SSSR count). The highest BCUT2D eigenvalue weighted by atomic mass is 32.2. The van der Waals surface area contributed by atoms with Gasteiger partial charge < -0.3 is 14.2 Å². The highest BCUT2D eigenvalue weighted by Gasteiger charge is 2.49. The number of Topliss-reactive ketones (excluding diaryl/α,β-unsaturated/α-hetero) is 1. The van der Waals surface area contributed by atoms with Crippen LogP contribution in [0, 0.1) is 20.8 Å². The number of benzene rings is 3. The van der Waals surface area contributed by atoms with Crippen molar-refractivity contribution in [1.82, 2.24) is 19.6 Å². The molecule has 1 amide bonds. The van der Waals surface area contributed by atoms with Crippen molar-refractivity contribution in [2.45, 2.75) is 43.5 Å². The van der Waals surface area contributed by atoms with Crippen LogP contribution in [0.2, 0.25) is 0 Å². The van der Waals surface area contributed by atoms with E-state index in [1.165, 1.54) is 33.6 Å². The van der Waals surface area contributed by atoms with E-state index in [2.05, 4.69) is 34.5 Å². The zero-order valence-electron chi connectivity index (χ0n) is 26.5. The standard InChI is InChI=1S/C37H31N5O4S2/c1-22-11-13-26(14-12-22)21-47-37-40-39-36(48-37)42-31(27-15-17-28(18-16-27)46-20-25-9-5-4-6-10-25)29(33(44)35(42)45)32(43)30-24(3)41-19-7-8-23(2)34(41)38-30/h4-19,31,43H,20-21H2,1-3H3. The topological polar surface area (TPSA) is 110 Å². The van der Waals surface area contributed by atoms with E-state index in [-0.39, 0.29) is 22.2 Å². The van der Waals surface area contributed by atoms with Gasteiger partial charge in [0.05, 0.1) is 17.3 Å². The number of aryl methyl sites for hydroxylation is 3. The Balaban J connectivity index is 1.26. The molecule has 3 aromatic carbocycles. The molecule has 3 aromatic heterocycles. The van der Waals surface area contributed by atoms with Crippen LogP contribution in [0.25, 0.3) is 11.4 Å². The number of ketones is 1. The Morgan fingerprint density at radius 3 is 2.38 bits per heavy atom. The molecule has 6 aromatic rings. The van der Waals surface area contributed by atoms with E-state index in [0.717, 1.165) is 16.7 Å². The lowest BCUT2D eigenvalue weighted by molar-refractivity contribution is -0.132. The van der Waals surface area contributed by atoms with Crippen LogP contribution in [0.1, 0.15) is 45.2 Å². The van der Waals surface area contributed by atoms with Gasteiger partial charge >= 0.3 is 5.91 Å². The van der Waals surface area contributed by atoms with Gasteiger partial charge in [-0.05, 0) is 61.2 Å². The Bertz CT molecular complexity index is 2170. The number of aliphatic hydroxyl groups excluding tert-OH is 1. The van der Waals surface area contributed by atoms with Crippen LogP contribution < -0.4 is 9.64 Å². The number of amides is 1. The number of anilines is 1. The molecule has 0 spiro atoms. The number of hydrogen-bond acceptors (Lipinski definition) is 9. The zero-order valence-corrected chi connectivity index (χ0v) is 28.1. The van der Waals surface area contributed by atoms with Crippen molar-refractivity contribution in [1.29, 1.82) is 0 Å². The van der Waals surface area contributed by atoms with Gasteiger partial charge in [0, 0.05) is 11.9 Å². The molecule has 240 valence electrons. The zero-order chi connectivity index (χ0) is 33.4. The molecule has 1 fully saturated rings. The molecule has 9 nitrogen and oxygen atoms in total. The fourth-order valence-electron chi connectivity index (χ4n) is 5.69. The Hall–Kier alpha value is -5.26. The van der Waals surface area contributed by atoms with Gasteiger partial charge in [-0.1, -0.05) is 101 Å². The summed E-state index contributed by atoms with van der Waals surface area (Å²) >= 11 is 2.73. The van der Waals surface area contributed by atoms with Crippen LogP contribution in [0.5, 0.6) is 5.75 Å². The smallest absolute Gasteiger partial charge is 0.301 e. The number of imidazole rings is 1. The number of carbonyl (C=O) groups is 2. The Kier molecular flexibility index (Phi) is 8.55. The third kappa shape index (κ3) is 5.98. The average molecular weight is 674 g/mol. The second-order valence-electron chi connectivity index (χ2n) is 11.6. The minimum atomic E-state index is -0.971. The number of thioether (sulfide) groups is 1. The molecule has 1 N–H and O–H groups in total. The lowest BCUT2D eigenvalue weighted by Gasteiger charge is -2.22. The summed E-state index contributed by atoms with van der Waals surface area (Å²) in [7, 11) is 0. The molecule has 1 atom stereocenters. The summed E-state index contributed by atoms with van der Waals surface area (Å²) in [5, 5.41) is 20.8. The summed E-state index contributed by atoms with van der Waals surface area (Å²) < 4.78 is 8.51. The van der Waals surface area contributed by atoms with E-state index in [4.69, 9.17) is 9.72 Å². The predicted molar refractivity (Wildman–Crippen MR) is 187 cm³/mol. The molecule has 0 aliphatic carbocycles. The van der Waals surface area contributed by atoms with Gasteiger partial charge in [0.1, 0.15) is 23.7 Å². The molecule has 0 radical (unpaired) electrons. The van der Waals surface area contributed by atoms with Crippen molar-refractivity contribution in [3.8, 4) is 5.75 Å². The van der Waals surface area contributed by atoms with E-state index < -0.39 is 17.7 Å². The van der Waals surface area contributed by atoms with Crippen LogP contribution >= 0.6 is 23.1 Å². The largest absolute Gasteiger partial charge is 0.505 e. The van der Waals surface area contributed by atoms with Gasteiger partial charge in [-0.25, -0.2) is 4.98 Å². The predicted octanol–water partition coefficient (Wildman–Crippen LogP) is 7.61. The van der Waals surface area contributed by atoms with Crippen molar-refractivity contribution >= 4 is 51.3 Å². The van der Waals surface area contributed by atoms with Crippen molar-refractivity contribution in [2.24, 2.45) is 0 Å². The number of aromatic nitrogens is 4. The molecule has 0 saturated carbocycles. The molecule has 11 heteroatoms. The number of pyridine rings is 1. The quantitative estimate of drug-likeness (QED) is 0.0549. The first-order valence-corrected chi connectivity index (χ1v) is 17.1. The molecule has 1 aliphatic heterocycles. The van der Waals surface area contributed by atoms with Crippen molar-refractivity contribution in [2.75, 3.05) is 4.90 Å². The summed E-state index contributed by atoms with van der Waals surface area (Å²) in [4.78, 5) is 33.7.